The highest BCUT2D eigenvalue weighted by atomic mass is 32.2. The van der Waals surface area contributed by atoms with Gasteiger partial charge in [0.1, 0.15) is 12.4 Å². The van der Waals surface area contributed by atoms with Crippen LogP contribution in [0.15, 0.2) is 53.7 Å². The van der Waals surface area contributed by atoms with Crippen LogP contribution in [-0.4, -0.2) is 39.0 Å². The van der Waals surface area contributed by atoms with E-state index in [0.717, 1.165) is 11.8 Å². The van der Waals surface area contributed by atoms with E-state index in [1.165, 1.54) is 21.7 Å². The summed E-state index contributed by atoms with van der Waals surface area (Å²) in [6.45, 7) is -0.0553. The normalized spacial score (nSPS) is 13.2. The monoisotopic (exact) mass is 398 g/mol. The Kier molecular flexibility index (Phi) is 4.70. The summed E-state index contributed by atoms with van der Waals surface area (Å²) in [4.78, 5) is 26.0. The fourth-order valence-corrected chi connectivity index (χ4v) is 3.59. The molecular formula is C18H15FN6O2S. The molecule has 142 valence electrons. The average molecular weight is 398 g/mol. The summed E-state index contributed by atoms with van der Waals surface area (Å²) in [5, 5.41) is 11.0. The van der Waals surface area contributed by atoms with E-state index < -0.39 is 5.82 Å². The van der Waals surface area contributed by atoms with E-state index in [4.69, 9.17) is 5.84 Å². The van der Waals surface area contributed by atoms with E-state index in [1.54, 1.807) is 36.4 Å². The summed E-state index contributed by atoms with van der Waals surface area (Å²) < 4.78 is 14.6. The van der Waals surface area contributed by atoms with Gasteiger partial charge >= 0.3 is 0 Å². The minimum absolute atomic E-state index is 0.0140. The number of halogens is 1. The number of benzene rings is 2. The highest BCUT2D eigenvalue weighted by Crippen LogP contribution is 2.30. The summed E-state index contributed by atoms with van der Waals surface area (Å²) in [5.41, 5.74) is 1.71. The lowest BCUT2D eigenvalue weighted by Gasteiger charge is -2.28. The van der Waals surface area contributed by atoms with Gasteiger partial charge in [-0.25, -0.2) is 9.07 Å². The molecule has 1 aliphatic heterocycles. The Morgan fingerprint density at radius 3 is 2.86 bits per heavy atom. The standard InChI is InChI=1S/C18H15FN6O2S/c19-12-5-3-4-11(8-12)17-22-23-18(25(17)20)28-10-16(27)24-9-15(26)21-13-6-1-2-7-14(13)24/h1-8H,9-10,20H2,(H,21,26). The molecule has 3 aromatic rings. The SMILES string of the molecule is Nn1c(SCC(=O)N2CC(=O)Nc3ccccc32)nnc1-c1cccc(F)c1. The van der Waals surface area contributed by atoms with Crippen molar-refractivity contribution >= 4 is 35.0 Å². The van der Waals surface area contributed by atoms with Crippen molar-refractivity contribution in [1.82, 2.24) is 14.9 Å². The molecule has 8 nitrogen and oxygen atoms in total. The highest BCUT2D eigenvalue weighted by Gasteiger charge is 2.27. The number of thioether (sulfide) groups is 1. The van der Waals surface area contributed by atoms with E-state index in [1.807, 2.05) is 0 Å². The molecular weight excluding hydrogens is 383 g/mol. The fraction of sp³-hybridized carbons (Fsp3) is 0.111. The number of amides is 2. The average Bonchev–Trinajstić information content (AvgIpc) is 3.06. The van der Waals surface area contributed by atoms with Crippen LogP contribution in [0.3, 0.4) is 0 Å². The number of aromatic nitrogens is 3. The van der Waals surface area contributed by atoms with Crippen molar-refractivity contribution in [1.29, 1.82) is 0 Å². The molecule has 0 aliphatic carbocycles. The third kappa shape index (κ3) is 3.41. The molecule has 0 atom stereocenters. The van der Waals surface area contributed by atoms with E-state index >= 15 is 0 Å². The fourth-order valence-electron chi connectivity index (χ4n) is 2.86. The van der Waals surface area contributed by atoms with Crippen molar-refractivity contribution in [3.05, 3.63) is 54.3 Å². The molecule has 1 aliphatic rings. The lowest BCUT2D eigenvalue weighted by molar-refractivity contribution is -0.120. The van der Waals surface area contributed by atoms with Gasteiger partial charge in [-0.15, -0.1) is 10.2 Å². The molecule has 4 rings (SSSR count). The number of para-hydroxylation sites is 2. The Morgan fingerprint density at radius 1 is 1.21 bits per heavy atom. The van der Waals surface area contributed by atoms with Gasteiger partial charge in [-0.3, -0.25) is 9.59 Å². The van der Waals surface area contributed by atoms with Crippen molar-refractivity contribution in [2.24, 2.45) is 0 Å². The van der Waals surface area contributed by atoms with Gasteiger partial charge in [0.2, 0.25) is 17.0 Å². The van der Waals surface area contributed by atoms with Crippen LogP contribution in [0.25, 0.3) is 11.4 Å². The maximum Gasteiger partial charge on any atom is 0.244 e. The molecule has 2 aromatic carbocycles. The van der Waals surface area contributed by atoms with E-state index in [0.29, 0.717) is 22.1 Å². The van der Waals surface area contributed by atoms with Crippen molar-refractivity contribution < 1.29 is 14.0 Å². The van der Waals surface area contributed by atoms with Crippen LogP contribution in [0, 0.1) is 5.82 Å². The molecule has 1 aromatic heterocycles. The molecule has 0 unspecified atom stereocenters. The predicted molar refractivity (Wildman–Crippen MR) is 104 cm³/mol. The summed E-state index contributed by atoms with van der Waals surface area (Å²) in [5.74, 6) is 5.38. The molecule has 3 N–H and O–H groups in total. The second-order valence-electron chi connectivity index (χ2n) is 6.02. The number of hydrogen-bond donors (Lipinski definition) is 2. The largest absolute Gasteiger partial charge is 0.335 e. The topological polar surface area (TPSA) is 106 Å². The first kappa shape index (κ1) is 18.0. The van der Waals surface area contributed by atoms with Gasteiger partial charge in [0.05, 0.1) is 17.1 Å². The van der Waals surface area contributed by atoms with Crippen LogP contribution in [0.4, 0.5) is 15.8 Å². The zero-order chi connectivity index (χ0) is 19.7. The second kappa shape index (κ2) is 7.31. The third-order valence-electron chi connectivity index (χ3n) is 4.14. The molecule has 2 amide bonds. The number of nitrogens with two attached hydrogens (primary N) is 1. The van der Waals surface area contributed by atoms with Crippen LogP contribution >= 0.6 is 11.8 Å². The van der Waals surface area contributed by atoms with Crippen molar-refractivity contribution in [3.63, 3.8) is 0 Å². The Labute approximate surface area is 163 Å². The van der Waals surface area contributed by atoms with Gasteiger partial charge < -0.3 is 16.1 Å². The molecule has 0 fully saturated rings. The Bertz CT molecular complexity index is 1070. The van der Waals surface area contributed by atoms with Crippen LogP contribution in [0.1, 0.15) is 0 Å². The van der Waals surface area contributed by atoms with Gasteiger partial charge in [-0.05, 0) is 24.3 Å². The molecule has 0 saturated carbocycles. The van der Waals surface area contributed by atoms with Gasteiger partial charge in [0.25, 0.3) is 0 Å². The molecule has 0 spiro atoms. The van der Waals surface area contributed by atoms with Gasteiger partial charge in [0, 0.05) is 5.56 Å². The number of carbonyl (C=O) groups excluding carboxylic acids is 2. The van der Waals surface area contributed by atoms with Crippen molar-refractivity contribution in [2.45, 2.75) is 5.16 Å². The van der Waals surface area contributed by atoms with Crippen molar-refractivity contribution in [2.75, 3.05) is 28.4 Å². The lowest BCUT2D eigenvalue weighted by Crippen LogP contribution is -2.43. The number of carbonyl (C=O) groups is 2. The van der Waals surface area contributed by atoms with Crippen LogP contribution in [-0.2, 0) is 9.59 Å². The second-order valence-corrected chi connectivity index (χ2v) is 6.96. The molecule has 28 heavy (non-hydrogen) atoms. The number of rotatable bonds is 4. The Hall–Kier alpha value is -3.40. The number of nitrogen functional groups attached to an aromatic ring is 1. The first-order valence-corrected chi connectivity index (χ1v) is 9.30. The Balaban J connectivity index is 1.50. The van der Waals surface area contributed by atoms with Crippen LogP contribution in [0.5, 0.6) is 0 Å². The molecule has 0 saturated heterocycles. The van der Waals surface area contributed by atoms with E-state index in [-0.39, 0.29) is 29.9 Å². The van der Waals surface area contributed by atoms with Crippen LogP contribution in [0.2, 0.25) is 0 Å². The molecule has 2 heterocycles. The smallest absolute Gasteiger partial charge is 0.244 e. The van der Waals surface area contributed by atoms with Gasteiger partial charge in [0.15, 0.2) is 5.82 Å². The summed E-state index contributed by atoms with van der Waals surface area (Å²) in [6.07, 6.45) is 0. The number of nitrogens with zero attached hydrogens (tertiary/aromatic N) is 4. The minimum atomic E-state index is -0.410. The maximum atomic E-state index is 13.4. The number of hydrogen-bond acceptors (Lipinski definition) is 6. The highest BCUT2D eigenvalue weighted by molar-refractivity contribution is 7.99. The number of anilines is 2. The number of fused-ring (bicyclic) bond motifs is 1. The maximum absolute atomic E-state index is 13.4. The zero-order valence-corrected chi connectivity index (χ0v) is 15.3. The molecule has 0 radical (unpaired) electrons. The summed E-state index contributed by atoms with van der Waals surface area (Å²) in [7, 11) is 0. The first-order chi connectivity index (χ1) is 13.5. The summed E-state index contributed by atoms with van der Waals surface area (Å²) in [6, 6.07) is 12.9. The van der Waals surface area contributed by atoms with E-state index in [2.05, 4.69) is 15.5 Å². The molecule has 10 heteroatoms. The number of nitrogens with one attached hydrogen (secondary N) is 1. The predicted octanol–water partition coefficient (Wildman–Crippen LogP) is 1.88. The van der Waals surface area contributed by atoms with Crippen LogP contribution < -0.4 is 16.1 Å². The third-order valence-corrected chi connectivity index (χ3v) is 5.07. The quantitative estimate of drug-likeness (QED) is 0.513. The minimum Gasteiger partial charge on any atom is -0.335 e. The zero-order valence-electron chi connectivity index (χ0n) is 14.5. The first-order valence-electron chi connectivity index (χ1n) is 8.31. The van der Waals surface area contributed by atoms with Gasteiger partial charge in [-0.2, -0.15) is 0 Å². The molecule has 0 bridgehead atoms. The Morgan fingerprint density at radius 2 is 2.04 bits per heavy atom. The van der Waals surface area contributed by atoms with Gasteiger partial charge in [-0.1, -0.05) is 36.0 Å². The van der Waals surface area contributed by atoms with Crippen molar-refractivity contribution in [3.8, 4) is 11.4 Å². The summed E-state index contributed by atoms with van der Waals surface area (Å²) >= 11 is 1.09. The van der Waals surface area contributed by atoms with E-state index in [9.17, 15) is 14.0 Å². The lowest BCUT2D eigenvalue weighted by atomic mass is 10.2.